The van der Waals surface area contributed by atoms with Crippen molar-refractivity contribution in [3.63, 3.8) is 0 Å². The minimum absolute atomic E-state index is 0.0323. The first-order valence-corrected chi connectivity index (χ1v) is 13.8. The van der Waals surface area contributed by atoms with Crippen LogP contribution in [0.5, 0.6) is 0 Å². The highest BCUT2D eigenvalue weighted by atomic mass is 32.3. The van der Waals surface area contributed by atoms with Crippen molar-refractivity contribution < 1.29 is 65.3 Å². The van der Waals surface area contributed by atoms with E-state index in [0.717, 1.165) is 19.4 Å². The van der Waals surface area contributed by atoms with E-state index in [1.807, 2.05) is 0 Å². The second kappa shape index (κ2) is 33.5. The van der Waals surface area contributed by atoms with Gasteiger partial charge in [-0.15, -0.1) is 0 Å². The molecule has 0 radical (unpaired) electrons. The van der Waals surface area contributed by atoms with Crippen molar-refractivity contribution in [1.29, 1.82) is 0 Å². The van der Waals surface area contributed by atoms with Crippen molar-refractivity contribution in [2.24, 2.45) is 0 Å². The molecule has 15 heteroatoms. The largest absolute Gasteiger partial charge is 0.394 e. The molecule has 0 aromatic rings. The van der Waals surface area contributed by atoms with E-state index >= 15 is 0 Å². The molecule has 0 fully saturated rings. The SMILES string of the molecule is CCCCOCCOCCOCCOCCOCCOCCOCCOCCOCCO.O=S(=O)(O)O. The van der Waals surface area contributed by atoms with Crippen LogP contribution in [0.3, 0.4) is 0 Å². The molecule has 0 atom stereocenters. The van der Waals surface area contributed by atoms with Crippen LogP contribution in [0.25, 0.3) is 0 Å². The van der Waals surface area contributed by atoms with Gasteiger partial charge in [-0.05, 0) is 6.42 Å². The number of rotatable bonds is 29. The smallest absolute Gasteiger partial charge is 0.394 e. The predicted molar refractivity (Wildman–Crippen MR) is 134 cm³/mol. The lowest BCUT2D eigenvalue weighted by molar-refractivity contribution is -0.0255. The molecule has 0 amide bonds. The number of unbranched alkanes of at least 4 members (excludes halogenated alkanes) is 1. The van der Waals surface area contributed by atoms with Gasteiger partial charge >= 0.3 is 10.4 Å². The Morgan fingerprint density at radius 3 is 0.811 bits per heavy atom. The number of hydrogen-bond donors (Lipinski definition) is 3. The van der Waals surface area contributed by atoms with Gasteiger partial charge < -0.3 is 47.7 Å². The summed E-state index contributed by atoms with van der Waals surface area (Å²) in [6.45, 7) is 11.9. The lowest BCUT2D eigenvalue weighted by Gasteiger charge is -2.08. The van der Waals surface area contributed by atoms with Crippen molar-refractivity contribution in [2.75, 3.05) is 126 Å². The molecule has 0 spiro atoms. The molecular formula is C22H48O14S. The Kier molecular flexibility index (Phi) is 35.0. The normalized spacial score (nSPS) is 11.5. The summed E-state index contributed by atoms with van der Waals surface area (Å²) in [6.07, 6.45) is 2.25. The van der Waals surface area contributed by atoms with Crippen LogP contribution in [-0.4, -0.2) is 148 Å². The molecule has 0 rings (SSSR count). The third kappa shape index (κ3) is 49.0. The number of ether oxygens (including phenoxy) is 9. The summed E-state index contributed by atoms with van der Waals surface area (Å²) in [5, 5.41) is 8.54. The first-order valence-electron chi connectivity index (χ1n) is 12.4. The summed E-state index contributed by atoms with van der Waals surface area (Å²) < 4.78 is 79.9. The predicted octanol–water partition coefficient (Wildman–Crippen LogP) is 0.275. The van der Waals surface area contributed by atoms with Crippen LogP contribution in [0.2, 0.25) is 0 Å². The lowest BCUT2D eigenvalue weighted by atomic mass is 10.4. The van der Waals surface area contributed by atoms with Gasteiger partial charge in [0.05, 0.1) is 119 Å². The fourth-order valence-corrected chi connectivity index (χ4v) is 2.17. The van der Waals surface area contributed by atoms with E-state index in [0.29, 0.717) is 112 Å². The number of hydrogen-bond acceptors (Lipinski definition) is 12. The maximum absolute atomic E-state index is 8.74. The van der Waals surface area contributed by atoms with Gasteiger partial charge in [0.1, 0.15) is 0 Å². The third-order valence-corrected chi connectivity index (χ3v) is 3.85. The van der Waals surface area contributed by atoms with Crippen molar-refractivity contribution in [2.45, 2.75) is 19.8 Å². The summed E-state index contributed by atoms with van der Waals surface area (Å²) >= 11 is 0. The molecular weight excluding hydrogens is 520 g/mol. The summed E-state index contributed by atoms with van der Waals surface area (Å²) in [4.78, 5) is 0. The van der Waals surface area contributed by atoms with Gasteiger partial charge in [-0.1, -0.05) is 13.3 Å². The lowest BCUT2D eigenvalue weighted by Crippen LogP contribution is -2.15. The van der Waals surface area contributed by atoms with E-state index in [4.69, 9.17) is 65.3 Å². The molecule has 0 aromatic heterocycles. The Bertz CT molecular complexity index is 472. The van der Waals surface area contributed by atoms with Crippen LogP contribution in [0.15, 0.2) is 0 Å². The molecule has 0 aliphatic heterocycles. The van der Waals surface area contributed by atoms with Crippen LogP contribution >= 0.6 is 0 Å². The van der Waals surface area contributed by atoms with Crippen LogP contribution in [0, 0.1) is 0 Å². The first kappa shape index (κ1) is 38.6. The van der Waals surface area contributed by atoms with Gasteiger partial charge in [0.2, 0.25) is 0 Å². The van der Waals surface area contributed by atoms with Crippen LogP contribution in [-0.2, 0) is 53.0 Å². The van der Waals surface area contributed by atoms with Crippen LogP contribution in [0.1, 0.15) is 19.8 Å². The quantitative estimate of drug-likeness (QED) is 0.0827. The van der Waals surface area contributed by atoms with Crippen molar-refractivity contribution in [3.05, 3.63) is 0 Å². The average molecular weight is 569 g/mol. The molecule has 14 nitrogen and oxygen atoms in total. The number of aliphatic hydroxyl groups excluding tert-OH is 1. The van der Waals surface area contributed by atoms with Crippen molar-refractivity contribution in [3.8, 4) is 0 Å². The van der Waals surface area contributed by atoms with Gasteiger partial charge in [0.25, 0.3) is 0 Å². The molecule has 0 aliphatic carbocycles. The third-order valence-electron chi connectivity index (χ3n) is 3.85. The van der Waals surface area contributed by atoms with Crippen molar-refractivity contribution in [1.82, 2.24) is 0 Å². The summed E-state index contributed by atoms with van der Waals surface area (Å²) in [5.41, 5.74) is 0. The molecule has 0 aromatic carbocycles. The van der Waals surface area contributed by atoms with E-state index < -0.39 is 10.4 Å². The van der Waals surface area contributed by atoms with Crippen LogP contribution < -0.4 is 0 Å². The molecule has 0 unspecified atom stereocenters. The zero-order valence-electron chi connectivity index (χ0n) is 22.1. The molecule has 0 heterocycles. The Hall–Kier alpha value is -0.530. The highest BCUT2D eigenvalue weighted by molar-refractivity contribution is 7.79. The standard InChI is InChI=1S/C22H46O10.H2O4S/c1-2-3-5-24-7-9-26-11-13-28-15-17-30-19-21-32-22-20-31-18-16-29-14-12-27-10-8-25-6-4-23;1-5(2,3)4/h23H,2-22H2,1H3;(H2,1,2,3,4). The fraction of sp³-hybridized carbons (Fsp3) is 1.00. The van der Waals surface area contributed by atoms with E-state index in [1.54, 1.807) is 0 Å². The van der Waals surface area contributed by atoms with Gasteiger partial charge in [-0.2, -0.15) is 8.42 Å². The van der Waals surface area contributed by atoms with Gasteiger partial charge in [0.15, 0.2) is 0 Å². The molecule has 0 bridgehead atoms. The zero-order chi connectivity index (χ0) is 27.7. The maximum atomic E-state index is 8.74. The average Bonchev–Trinajstić information content (AvgIpc) is 2.85. The Labute approximate surface area is 221 Å². The Morgan fingerprint density at radius 1 is 0.432 bits per heavy atom. The molecule has 3 N–H and O–H groups in total. The van der Waals surface area contributed by atoms with E-state index in [1.165, 1.54) is 0 Å². The molecule has 226 valence electrons. The second-order valence-electron chi connectivity index (χ2n) is 7.04. The maximum Gasteiger partial charge on any atom is 0.394 e. The highest BCUT2D eigenvalue weighted by Crippen LogP contribution is 1.88. The first-order chi connectivity index (χ1) is 17.9. The van der Waals surface area contributed by atoms with Crippen LogP contribution in [0.4, 0.5) is 0 Å². The molecule has 0 saturated carbocycles. The number of aliphatic hydroxyl groups is 1. The summed E-state index contributed by atoms with van der Waals surface area (Å²) in [6, 6.07) is 0. The van der Waals surface area contributed by atoms with Crippen molar-refractivity contribution >= 4 is 10.4 Å². The van der Waals surface area contributed by atoms with E-state index in [9.17, 15) is 0 Å². The Balaban J connectivity index is 0. The minimum Gasteiger partial charge on any atom is -0.394 e. The van der Waals surface area contributed by atoms with E-state index in [2.05, 4.69) is 6.92 Å². The zero-order valence-corrected chi connectivity index (χ0v) is 22.9. The highest BCUT2D eigenvalue weighted by Gasteiger charge is 1.95. The van der Waals surface area contributed by atoms with Gasteiger partial charge in [0, 0.05) is 6.61 Å². The van der Waals surface area contributed by atoms with Gasteiger partial charge in [-0.3, -0.25) is 9.11 Å². The second-order valence-corrected chi connectivity index (χ2v) is 7.93. The molecule has 37 heavy (non-hydrogen) atoms. The molecule has 0 saturated heterocycles. The molecule has 0 aliphatic rings. The summed E-state index contributed by atoms with van der Waals surface area (Å²) in [5.74, 6) is 0. The Morgan fingerprint density at radius 2 is 0.622 bits per heavy atom. The van der Waals surface area contributed by atoms with Gasteiger partial charge in [-0.25, -0.2) is 0 Å². The topological polar surface area (TPSA) is 178 Å². The van der Waals surface area contributed by atoms with E-state index in [-0.39, 0.29) is 6.61 Å². The minimum atomic E-state index is -4.67. The monoisotopic (exact) mass is 568 g/mol. The fourth-order valence-electron chi connectivity index (χ4n) is 2.17. The summed E-state index contributed by atoms with van der Waals surface area (Å²) in [7, 11) is -4.67.